The van der Waals surface area contributed by atoms with Gasteiger partial charge in [0.05, 0.1) is 78.5 Å². The summed E-state index contributed by atoms with van der Waals surface area (Å²) in [4.78, 5) is 79.1. The Morgan fingerprint density at radius 2 is 1.02 bits per heavy atom. The molecule has 1 fully saturated rings. The molecule has 1 aliphatic rings. The predicted molar refractivity (Wildman–Crippen MR) is 229 cm³/mol. The summed E-state index contributed by atoms with van der Waals surface area (Å²) in [6.07, 6.45) is 0.576. The van der Waals surface area contributed by atoms with Crippen molar-refractivity contribution in [1.29, 1.82) is 0 Å². The molecule has 2 rings (SSSR count). The van der Waals surface area contributed by atoms with Crippen LogP contribution in [-0.2, 0) is 60.7 Å². The van der Waals surface area contributed by atoms with E-state index in [2.05, 4.69) is 16.0 Å². The van der Waals surface area contributed by atoms with Crippen LogP contribution in [0.3, 0.4) is 0 Å². The molecule has 0 radical (unpaired) electrons. The van der Waals surface area contributed by atoms with E-state index in [0.29, 0.717) is 98.4 Å². The Bertz CT molecular complexity index is 1470. The molecule has 1 aliphatic heterocycles. The molecule has 1 aromatic carbocycles. The van der Waals surface area contributed by atoms with Crippen molar-refractivity contribution in [3.8, 4) is 0 Å². The number of carbonyl (C=O) groups is 6. The minimum absolute atomic E-state index is 0.0191. The van der Waals surface area contributed by atoms with E-state index in [4.69, 9.17) is 18.9 Å². The fourth-order valence-electron chi connectivity index (χ4n) is 6.53. The lowest BCUT2D eigenvalue weighted by atomic mass is 9.94. The molecule has 0 aliphatic carbocycles. The third kappa shape index (κ3) is 26.4. The SMILES string of the molecule is CC(C)N[C@@H](Cc1cccc(CNC(=O)COCCOCCOCCOCCNC(=O)CN2CCN(CC(=O)O)CCN(CC(=O)O)CCN(CC(=O)O)CC2)c1)C(=O)C(C)C. The van der Waals surface area contributed by atoms with Crippen molar-refractivity contribution in [3.05, 3.63) is 35.4 Å². The smallest absolute Gasteiger partial charge is 0.317 e. The van der Waals surface area contributed by atoms with Gasteiger partial charge in [-0.25, -0.2) is 0 Å². The second kappa shape index (κ2) is 31.7. The minimum Gasteiger partial charge on any atom is -0.480 e. The summed E-state index contributed by atoms with van der Waals surface area (Å²) in [5, 5.41) is 37.2. The van der Waals surface area contributed by atoms with Crippen LogP contribution in [0.15, 0.2) is 24.3 Å². The number of Topliss-reactive ketones (excluding diaryl/α,β-unsaturated/α-hetero) is 1. The molecule has 1 heterocycles. The Balaban J connectivity index is 1.57. The highest BCUT2D eigenvalue weighted by molar-refractivity contribution is 5.86. The third-order valence-corrected chi connectivity index (χ3v) is 9.66. The average molecular weight is 882 g/mol. The maximum absolute atomic E-state index is 12.8. The van der Waals surface area contributed by atoms with Crippen LogP contribution in [-0.4, -0.2) is 220 Å². The summed E-state index contributed by atoms with van der Waals surface area (Å²) < 4.78 is 22.0. The van der Waals surface area contributed by atoms with Crippen molar-refractivity contribution in [2.24, 2.45) is 5.92 Å². The summed E-state index contributed by atoms with van der Waals surface area (Å²) in [6.45, 7) is 12.3. The number of rotatable bonds is 30. The number of carboxylic acid groups (broad SMARTS) is 3. The summed E-state index contributed by atoms with van der Waals surface area (Å²) in [7, 11) is 0. The maximum Gasteiger partial charge on any atom is 0.317 e. The van der Waals surface area contributed by atoms with E-state index >= 15 is 0 Å². The molecule has 20 nitrogen and oxygen atoms in total. The molecule has 0 bridgehead atoms. The van der Waals surface area contributed by atoms with Gasteiger partial charge >= 0.3 is 17.9 Å². The van der Waals surface area contributed by atoms with Crippen LogP contribution in [0.2, 0.25) is 0 Å². The number of carboxylic acids is 3. The number of aliphatic carboxylic acids is 3. The first-order chi connectivity index (χ1) is 29.6. The molecule has 0 unspecified atom stereocenters. The number of nitrogens with one attached hydrogen (secondary N) is 3. The van der Waals surface area contributed by atoms with Crippen LogP contribution >= 0.6 is 0 Å². The van der Waals surface area contributed by atoms with Gasteiger partial charge in [-0.05, 0) is 17.5 Å². The summed E-state index contributed by atoms with van der Waals surface area (Å²) in [6, 6.07) is 7.76. The van der Waals surface area contributed by atoms with Gasteiger partial charge in [0.1, 0.15) is 6.61 Å². The molecule has 0 saturated carbocycles. The van der Waals surface area contributed by atoms with Gasteiger partial charge in [-0.2, -0.15) is 0 Å². The van der Waals surface area contributed by atoms with Crippen molar-refractivity contribution in [3.63, 3.8) is 0 Å². The second-order valence-electron chi connectivity index (χ2n) is 15.8. The molecule has 62 heavy (non-hydrogen) atoms. The molecule has 1 saturated heterocycles. The zero-order valence-electron chi connectivity index (χ0n) is 37.0. The summed E-state index contributed by atoms with van der Waals surface area (Å²) in [5.41, 5.74) is 1.96. The van der Waals surface area contributed by atoms with E-state index in [0.717, 1.165) is 11.1 Å². The number of nitrogens with zero attached hydrogens (tertiary/aromatic N) is 4. The zero-order chi connectivity index (χ0) is 45.7. The highest BCUT2D eigenvalue weighted by Gasteiger charge is 2.23. The van der Waals surface area contributed by atoms with Crippen LogP contribution < -0.4 is 16.0 Å². The van der Waals surface area contributed by atoms with E-state index in [1.54, 1.807) is 14.7 Å². The lowest BCUT2D eigenvalue weighted by Crippen LogP contribution is -2.50. The van der Waals surface area contributed by atoms with Gasteiger partial charge in [0, 0.05) is 77.4 Å². The largest absolute Gasteiger partial charge is 0.480 e. The van der Waals surface area contributed by atoms with Gasteiger partial charge in [-0.15, -0.1) is 0 Å². The molecular formula is C42H71N7O13. The van der Waals surface area contributed by atoms with Gasteiger partial charge < -0.3 is 50.2 Å². The van der Waals surface area contributed by atoms with E-state index in [1.807, 2.05) is 56.9 Å². The van der Waals surface area contributed by atoms with Gasteiger partial charge in [0.2, 0.25) is 11.8 Å². The zero-order valence-corrected chi connectivity index (χ0v) is 37.0. The molecule has 0 aromatic heterocycles. The molecule has 6 N–H and O–H groups in total. The fourth-order valence-corrected chi connectivity index (χ4v) is 6.53. The van der Waals surface area contributed by atoms with Crippen molar-refractivity contribution in [2.75, 3.05) is 138 Å². The van der Waals surface area contributed by atoms with E-state index in [1.165, 1.54) is 0 Å². The molecule has 0 spiro atoms. The number of ketones is 1. The van der Waals surface area contributed by atoms with Crippen molar-refractivity contribution in [1.82, 2.24) is 35.6 Å². The minimum atomic E-state index is -1.03. The first-order valence-electron chi connectivity index (χ1n) is 21.4. The highest BCUT2D eigenvalue weighted by atomic mass is 16.6. The Morgan fingerprint density at radius 1 is 0.581 bits per heavy atom. The number of hydrogen-bond donors (Lipinski definition) is 6. The van der Waals surface area contributed by atoms with Crippen molar-refractivity contribution in [2.45, 2.75) is 52.7 Å². The Hall–Kier alpha value is -4.12. The monoisotopic (exact) mass is 882 g/mol. The Labute approximate surface area is 365 Å². The van der Waals surface area contributed by atoms with E-state index in [9.17, 15) is 44.1 Å². The molecular weight excluding hydrogens is 810 g/mol. The fraction of sp³-hybridized carbons (Fsp3) is 0.714. The molecule has 1 atom stereocenters. The molecule has 352 valence electrons. The third-order valence-electron chi connectivity index (χ3n) is 9.66. The van der Waals surface area contributed by atoms with Crippen molar-refractivity contribution < 1.29 is 63.0 Å². The van der Waals surface area contributed by atoms with Crippen LogP contribution in [0.4, 0.5) is 0 Å². The van der Waals surface area contributed by atoms with Crippen LogP contribution in [0.1, 0.15) is 38.8 Å². The molecule has 1 aromatic rings. The Kier molecular flexibility index (Phi) is 27.6. The highest BCUT2D eigenvalue weighted by Crippen LogP contribution is 2.12. The quantitative estimate of drug-likeness (QED) is 0.0512. The van der Waals surface area contributed by atoms with E-state index < -0.39 is 17.9 Å². The predicted octanol–water partition coefficient (Wildman–Crippen LogP) is -0.905. The van der Waals surface area contributed by atoms with Crippen molar-refractivity contribution >= 4 is 35.5 Å². The number of amides is 2. The average Bonchev–Trinajstić information content (AvgIpc) is 3.20. The molecule has 20 heteroatoms. The number of ether oxygens (including phenoxy) is 4. The maximum atomic E-state index is 12.8. The standard InChI is InChI=1S/C42H71N7O13/c1-32(2)42(58)36(45-33(3)4)25-34-6-5-7-35(24-34)26-44-38(51)31-62-23-22-61-21-20-60-19-18-59-17-8-43-37(50)27-46-9-11-47(28-39(52)53)13-15-49(30-41(56)57)16-14-48(12-10-46)29-40(54)55/h5-7,24,32-33,36,45H,8-23,25-31H2,1-4H3,(H,43,50)(H,44,51)(H,52,53)(H,54,55)(H,56,57)/t36-/m0/s1. The van der Waals surface area contributed by atoms with Gasteiger partial charge in [-0.3, -0.25) is 48.4 Å². The first kappa shape index (κ1) is 54.0. The lowest BCUT2D eigenvalue weighted by Gasteiger charge is -2.32. The van der Waals surface area contributed by atoms with Crippen LogP contribution in [0, 0.1) is 5.92 Å². The van der Waals surface area contributed by atoms with Gasteiger partial charge in [0.25, 0.3) is 0 Å². The second-order valence-corrected chi connectivity index (χ2v) is 15.8. The first-order valence-corrected chi connectivity index (χ1v) is 21.4. The topological polar surface area (TPSA) is 249 Å². The molecule has 2 amide bonds. The lowest BCUT2D eigenvalue weighted by molar-refractivity contribution is -0.140. The summed E-state index contributed by atoms with van der Waals surface area (Å²) >= 11 is 0. The van der Waals surface area contributed by atoms with Crippen LogP contribution in [0.25, 0.3) is 0 Å². The normalized spacial score (nSPS) is 15.8. The number of benzene rings is 1. The van der Waals surface area contributed by atoms with Gasteiger partial charge in [-0.1, -0.05) is 52.0 Å². The Morgan fingerprint density at radius 3 is 1.47 bits per heavy atom. The van der Waals surface area contributed by atoms with E-state index in [-0.39, 0.29) is 88.1 Å². The number of carbonyl (C=O) groups excluding carboxylic acids is 3. The summed E-state index contributed by atoms with van der Waals surface area (Å²) in [5.74, 6) is -3.46. The van der Waals surface area contributed by atoms with Crippen LogP contribution in [0.5, 0.6) is 0 Å². The van der Waals surface area contributed by atoms with Gasteiger partial charge in [0.15, 0.2) is 5.78 Å². The number of hydrogen-bond acceptors (Lipinski definition) is 15.